The first-order chi connectivity index (χ1) is 8.65. The van der Waals surface area contributed by atoms with E-state index in [1.165, 1.54) is 6.42 Å². The van der Waals surface area contributed by atoms with Crippen molar-refractivity contribution in [3.8, 4) is 0 Å². The number of benzene rings is 1. The summed E-state index contributed by atoms with van der Waals surface area (Å²) in [5, 5.41) is 0. The topological polar surface area (TPSA) is 29.5 Å². The Balaban J connectivity index is 1.84. The lowest BCUT2D eigenvalue weighted by atomic mass is 10.0. The zero-order chi connectivity index (χ0) is 13.0. The van der Waals surface area contributed by atoms with E-state index in [4.69, 9.17) is 4.74 Å². The van der Waals surface area contributed by atoms with E-state index in [1.54, 1.807) is 0 Å². The number of hydrogen-bond acceptors (Lipinski definition) is 2. The SMILES string of the molecule is C[C@@H]1C[C@H](I)CN(C(=O)OCc2ccccc2)C1. The van der Waals surface area contributed by atoms with Gasteiger partial charge in [-0.2, -0.15) is 0 Å². The first-order valence-electron chi connectivity index (χ1n) is 6.25. The number of alkyl halides is 1. The lowest BCUT2D eigenvalue weighted by Crippen LogP contribution is -2.43. The second-order valence-electron chi connectivity index (χ2n) is 4.88. The van der Waals surface area contributed by atoms with Gasteiger partial charge in [-0.05, 0) is 17.9 Å². The Labute approximate surface area is 122 Å². The van der Waals surface area contributed by atoms with Gasteiger partial charge in [0.15, 0.2) is 0 Å². The maximum atomic E-state index is 12.0. The molecule has 1 aromatic carbocycles. The molecule has 1 aliphatic heterocycles. The zero-order valence-electron chi connectivity index (χ0n) is 10.5. The van der Waals surface area contributed by atoms with Crippen LogP contribution in [0.25, 0.3) is 0 Å². The number of ether oxygens (including phenoxy) is 1. The highest BCUT2D eigenvalue weighted by molar-refractivity contribution is 14.1. The summed E-state index contributed by atoms with van der Waals surface area (Å²) in [7, 11) is 0. The number of halogens is 1. The van der Waals surface area contributed by atoms with Crippen molar-refractivity contribution in [3.63, 3.8) is 0 Å². The summed E-state index contributed by atoms with van der Waals surface area (Å²) in [6.45, 7) is 4.16. The summed E-state index contributed by atoms with van der Waals surface area (Å²) < 4.78 is 5.89. The lowest BCUT2D eigenvalue weighted by Gasteiger charge is -2.33. The Bertz CT molecular complexity index is 386. The molecule has 1 fully saturated rings. The minimum Gasteiger partial charge on any atom is -0.445 e. The molecule has 1 aromatic rings. The van der Waals surface area contributed by atoms with Crippen LogP contribution in [0, 0.1) is 5.92 Å². The van der Waals surface area contributed by atoms with E-state index in [9.17, 15) is 4.79 Å². The number of rotatable bonds is 2. The molecule has 0 aromatic heterocycles. The van der Waals surface area contributed by atoms with Crippen molar-refractivity contribution in [1.82, 2.24) is 4.90 Å². The Kier molecular flexibility index (Phi) is 4.86. The first kappa shape index (κ1) is 13.6. The molecule has 0 radical (unpaired) electrons. The monoisotopic (exact) mass is 359 g/mol. The van der Waals surface area contributed by atoms with Crippen LogP contribution in [-0.2, 0) is 11.3 Å². The molecule has 2 atom stereocenters. The highest BCUT2D eigenvalue weighted by Gasteiger charge is 2.27. The molecule has 1 heterocycles. The summed E-state index contributed by atoms with van der Waals surface area (Å²) in [6, 6.07) is 9.79. The van der Waals surface area contributed by atoms with Crippen LogP contribution in [0.4, 0.5) is 4.79 Å². The van der Waals surface area contributed by atoms with Crippen molar-refractivity contribution in [2.75, 3.05) is 13.1 Å². The molecule has 0 bridgehead atoms. The average Bonchev–Trinajstić information content (AvgIpc) is 2.36. The minimum atomic E-state index is -0.188. The summed E-state index contributed by atoms with van der Waals surface area (Å²) in [4.78, 5) is 13.8. The van der Waals surface area contributed by atoms with Gasteiger partial charge in [0.1, 0.15) is 6.61 Å². The highest BCUT2D eigenvalue weighted by Crippen LogP contribution is 2.22. The van der Waals surface area contributed by atoms with E-state index < -0.39 is 0 Å². The third-order valence-electron chi connectivity index (χ3n) is 3.07. The van der Waals surface area contributed by atoms with E-state index in [0.29, 0.717) is 16.4 Å². The van der Waals surface area contributed by atoms with Crippen molar-refractivity contribution in [3.05, 3.63) is 35.9 Å². The Morgan fingerprint density at radius 2 is 2.11 bits per heavy atom. The van der Waals surface area contributed by atoms with Gasteiger partial charge in [-0.25, -0.2) is 4.79 Å². The fourth-order valence-corrected chi connectivity index (χ4v) is 3.58. The van der Waals surface area contributed by atoms with E-state index in [1.807, 2.05) is 35.2 Å². The van der Waals surface area contributed by atoms with Crippen molar-refractivity contribution < 1.29 is 9.53 Å². The molecule has 1 aliphatic rings. The van der Waals surface area contributed by atoms with Crippen molar-refractivity contribution >= 4 is 28.7 Å². The second kappa shape index (κ2) is 6.41. The van der Waals surface area contributed by atoms with Crippen molar-refractivity contribution in [2.45, 2.75) is 23.9 Å². The molecule has 3 nitrogen and oxygen atoms in total. The number of carbonyl (C=O) groups excluding carboxylic acids is 1. The number of amides is 1. The molecule has 4 heteroatoms. The van der Waals surface area contributed by atoms with Gasteiger partial charge in [-0.15, -0.1) is 0 Å². The van der Waals surface area contributed by atoms with Crippen LogP contribution in [0.5, 0.6) is 0 Å². The van der Waals surface area contributed by atoms with Gasteiger partial charge < -0.3 is 9.64 Å². The molecule has 18 heavy (non-hydrogen) atoms. The largest absolute Gasteiger partial charge is 0.445 e. The Hall–Kier alpha value is -0.780. The predicted octanol–water partition coefficient (Wildman–Crippen LogP) is 3.47. The molecule has 2 rings (SSSR count). The standard InChI is InChI=1S/C14H18INO2/c1-11-7-13(15)9-16(8-11)14(17)18-10-12-5-3-2-4-6-12/h2-6,11,13H,7-10H2,1H3/t11-,13+/m1/s1. The molecular formula is C14H18INO2. The normalized spacial score (nSPS) is 23.8. The van der Waals surface area contributed by atoms with Crippen molar-refractivity contribution in [2.24, 2.45) is 5.92 Å². The zero-order valence-corrected chi connectivity index (χ0v) is 12.7. The molecule has 0 spiro atoms. The molecule has 98 valence electrons. The minimum absolute atomic E-state index is 0.188. The number of hydrogen-bond donors (Lipinski definition) is 0. The second-order valence-corrected chi connectivity index (χ2v) is 6.64. The van der Waals surface area contributed by atoms with Crippen LogP contribution in [0.3, 0.4) is 0 Å². The van der Waals surface area contributed by atoms with Crippen molar-refractivity contribution in [1.29, 1.82) is 0 Å². The van der Waals surface area contributed by atoms with Crippen LogP contribution in [0.15, 0.2) is 30.3 Å². The Morgan fingerprint density at radius 1 is 1.39 bits per heavy atom. The molecule has 0 unspecified atom stereocenters. The van der Waals surface area contributed by atoms with E-state index in [2.05, 4.69) is 29.5 Å². The number of likely N-dealkylation sites (tertiary alicyclic amines) is 1. The van der Waals surface area contributed by atoms with Crippen LogP contribution < -0.4 is 0 Å². The van der Waals surface area contributed by atoms with Crippen LogP contribution in [0.1, 0.15) is 18.9 Å². The van der Waals surface area contributed by atoms with Gasteiger partial charge >= 0.3 is 6.09 Å². The van der Waals surface area contributed by atoms with Gasteiger partial charge in [0.05, 0.1) is 0 Å². The van der Waals surface area contributed by atoms with Crippen LogP contribution in [-0.4, -0.2) is 28.0 Å². The van der Waals surface area contributed by atoms with Gasteiger partial charge in [0.25, 0.3) is 0 Å². The fraction of sp³-hybridized carbons (Fsp3) is 0.500. The maximum Gasteiger partial charge on any atom is 0.410 e. The number of nitrogens with zero attached hydrogens (tertiary/aromatic N) is 1. The molecular weight excluding hydrogens is 341 g/mol. The van der Waals surface area contributed by atoms with Crippen LogP contribution in [0.2, 0.25) is 0 Å². The summed E-state index contributed by atoms with van der Waals surface area (Å²) >= 11 is 2.41. The van der Waals surface area contributed by atoms with Gasteiger partial charge in [0.2, 0.25) is 0 Å². The molecule has 0 saturated carbocycles. The van der Waals surface area contributed by atoms with E-state index >= 15 is 0 Å². The van der Waals surface area contributed by atoms with Gasteiger partial charge in [0, 0.05) is 17.0 Å². The summed E-state index contributed by atoms with van der Waals surface area (Å²) in [6.07, 6.45) is 0.996. The van der Waals surface area contributed by atoms with E-state index in [0.717, 1.165) is 18.7 Å². The predicted molar refractivity (Wildman–Crippen MR) is 79.8 cm³/mol. The maximum absolute atomic E-state index is 12.0. The number of piperidine rings is 1. The quantitative estimate of drug-likeness (QED) is 0.598. The molecule has 1 saturated heterocycles. The molecule has 1 amide bonds. The lowest BCUT2D eigenvalue weighted by molar-refractivity contribution is 0.0831. The molecule has 0 aliphatic carbocycles. The summed E-state index contributed by atoms with van der Waals surface area (Å²) in [5.74, 6) is 0.560. The van der Waals surface area contributed by atoms with Gasteiger partial charge in [-0.1, -0.05) is 59.8 Å². The molecule has 0 N–H and O–H groups in total. The van der Waals surface area contributed by atoms with E-state index in [-0.39, 0.29) is 6.09 Å². The third-order valence-corrected chi connectivity index (χ3v) is 3.97. The number of carbonyl (C=O) groups is 1. The highest BCUT2D eigenvalue weighted by atomic mass is 127. The van der Waals surface area contributed by atoms with Crippen LogP contribution >= 0.6 is 22.6 Å². The fourth-order valence-electron chi connectivity index (χ4n) is 2.24. The Morgan fingerprint density at radius 3 is 2.78 bits per heavy atom. The van der Waals surface area contributed by atoms with Gasteiger partial charge in [-0.3, -0.25) is 0 Å². The smallest absolute Gasteiger partial charge is 0.410 e. The summed E-state index contributed by atoms with van der Waals surface area (Å²) in [5.41, 5.74) is 1.03. The average molecular weight is 359 g/mol. The first-order valence-corrected chi connectivity index (χ1v) is 7.49. The third kappa shape index (κ3) is 3.86.